The number of nitrogen functional groups attached to an aromatic ring is 1. The molecule has 1 saturated carbocycles. The molecule has 0 radical (unpaired) electrons. The molecule has 0 saturated heterocycles. The minimum atomic E-state index is -0.351. The van der Waals surface area contributed by atoms with E-state index in [1.807, 2.05) is 12.1 Å². The molecule has 2 rings (SSSR count). The van der Waals surface area contributed by atoms with Crippen molar-refractivity contribution >= 4 is 5.69 Å². The number of rotatable bonds is 5. The Labute approximate surface area is 103 Å². The molecule has 1 aromatic carbocycles. The Morgan fingerprint density at radius 2 is 1.88 bits per heavy atom. The van der Waals surface area contributed by atoms with Crippen LogP contribution in [0.5, 0.6) is 5.75 Å². The van der Waals surface area contributed by atoms with Gasteiger partial charge in [0.2, 0.25) is 0 Å². The first kappa shape index (κ1) is 12.2. The second kappa shape index (κ2) is 5.92. The molecule has 0 aliphatic heterocycles. The van der Waals surface area contributed by atoms with Crippen molar-refractivity contribution in [2.45, 2.75) is 38.2 Å². The van der Waals surface area contributed by atoms with Gasteiger partial charge in [0.1, 0.15) is 12.4 Å². The fraction of sp³-hybridized carbons (Fsp3) is 0.571. The molecule has 1 unspecified atom stereocenters. The van der Waals surface area contributed by atoms with Gasteiger partial charge in [-0.15, -0.1) is 0 Å². The lowest BCUT2D eigenvalue weighted by Gasteiger charge is -2.16. The standard InChI is InChI=1S/C14H21NO2/c15-12-5-7-14(8-6-12)17-10-13(16)9-11-3-1-2-4-11/h5-8,11,13,16H,1-4,9-10,15H2. The van der Waals surface area contributed by atoms with Crippen molar-refractivity contribution in [2.24, 2.45) is 5.92 Å². The average molecular weight is 235 g/mol. The van der Waals surface area contributed by atoms with Gasteiger partial charge >= 0.3 is 0 Å². The molecular formula is C14H21NO2. The van der Waals surface area contributed by atoms with Crippen LogP contribution in [0.4, 0.5) is 5.69 Å². The van der Waals surface area contributed by atoms with Crippen molar-refractivity contribution in [1.82, 2.24) is 0 Å². The third kappa shape index (κ3) is 3.93. The van der Waals surface area contributed by atoms with E-state index in [2.05, 4.69) is 0 Å². The van der Waals surface area contributed by atoms with Gasteiger partial charge in [0, 0.05) is 5.69 Å². The smallest absolute Gasteiger partial charge is 0.119 e. The highest BCUT2D eigenvalue weighted by Crippen LogP contribution is 2.28. The predicted octanol–water partition coefficient (Wildman–Crippen LogP) is 2.59. The first-order chi connectivity index (χ1) is 8.24. The minimum Gasteiger partial charge on any atom is -0.491 e. The molecule has 1 aliphatic rings. The molecule has 3 heteroatoms. The molecule has 1 fully saturated rings. The van der Waals surface area contributed by atoms with Crippen LogP contribution in [0.1, 0.15) is 32.1 Å². The second-order valence-electron chi connectivity index (χ2n) is 4.92. The fourth-order valence-corrected chi connectivity index (χ4v) is 2.46. The topological polar surface area (TPSA) is 55.5 Å². The number of hydrogen-bond acceptors (Lipinski definition) is 3. The quantitative estimate of drug-likeness (QED) is 0.771. The molecule has 0 heterocycles. The summed E-state index contributed by atoms with van der Waals surface area (Å²) in [5, 5.41) is 9.88. The van der Waals surface area contributed by atoms with E-state index in [9.17, 15) is 5.11 Å². The highest BCUT2D eigenvalue weighted by molar-refractivity contribution is 5.41. The van der Waals surface area contributed by atoms with Gasteiger partial charge in [0.15, 0.2) is 0 Å². The van der Waals surface area contributed by atoms with Crippen LogP contribution in [-0.2, 0) is 0 Å². The number of aliphatic hydroxyl groups is 1. The molecule has 0 amide bonds. The molecule has 3 N–H and O–H groups in total. The lowest BCUT2D eigenvalue weighted by molar-refractivity contribution is 0.0855. The number of benzene rings is 1. The molecule has 17 heavy (non-hydrogen) atoms. The Morgan fingerprint density at radius 1 is 1.24 bits per heavy atom. The van der Waals surface area contributed by atoms with E-state index in [1.54, 1.807) is 12.1 Å². The van der Waals surface area contributed by atoms with E-state index in [0.29, 0.717) is 12.5 Å². The fourth-order valence-electron chi connectivity index (χ4n) is 2.46. The summed E-state index contributed by atoms with van der Waals surface area (Å²) in [4.78, 5) is 0. The molecular weight excluding hydrogens is 214 g/mol. The Kier molecular flexibility index (Phi) is 4.26. The van der Waals surface area contributed by atoms with Crippen LogP contribution in [0, 0.1) is 5.92 Å². The minimum absolute atomic E-state index is 0.351. The van der Waals surface area contributed by atoms with E-state index in [1.165, 1.54) is 25.7 Å². The maximum Gasteiger partial charge on any atom is 0.119 e. The van der Waals surface area contributed by atoms with E-state index in [0.717, 1.165) is 17.9 Å². The second-order valence-corrected chi connectivity index (χ2v) is 4.92. The van der Waals surface area contributed by atoms with Crippen molar-refractivity contribution in [3.8, 4) is 5.75 Å². The molecule has 0 spiro atoms. The van der Waals surface area contributed by atoms with Crippen molar-refractivity contribution in [1.29, 1.82) is 0 Å². The van der Waals surface area contributed by atoms with Crippen molar-refractivity contribution < 1.29 is 9.84 Å². The van der Waals surface area contributed by atoms with Gasteiger partial charge in [0.25, 0.3) is 0 Å². The average Bonchev–Trinajstić information content (AvgIpc) is 2.81. The summed E-state index contributed by atoms with van der Waals surface area (Å²) >= 11 is 0. The van der Waals surface area contributed by atoms with Crippen LogP contribution in [0.15, 0.2) is 24.3 Å². The van der Waals surface area contributed by atoms with Crippen molar-refractivity contribution in [2.75, 3.05) is 12.3 Å². The molecule has 1 aliphatic carbocycles. The Bertz CT molecular complexity index is 331. The van der Waals surface area contributed by atoms with Crippen LogP contribution in [0.2, 0.25) is 0 Å². The summed E-state index contributed by atoms with van der Waals surface area (Å²) in [6.45, 7) is 0.375. The largest absolute Gasteiger partial charge is 0.491 e. The van der Waals surface area contributed by atoms with E-state index < -0.39 is 0 Å². The molecule has 94 valence electrons. The SMILES string of the molecule is Nc1ccc(OCC(O)CC2CCCC2)cc1. The zero-order valence-electron chi connectivity index (χ0n) is 10.1. The summed E-state index contributed by atoms with van der Waals surface area (Å²) in [5.41, 5.74) is 6.31. The van der Waals surface area contributed by atoms with Gasteiger partial charge in [-0.05, 0) is 36.6 Å². The third-order valence-corrected chi connectivity index (χ3v) is 3.40. The van der Waals surface area contributed by atoms with Crippen LogP contribution < -0.4 is 10.5 Å². The Balaban J connectivity index is 1.71. The highest BCUT2D eigenvalue weighted by atomic mass is 16.5. The summed E-state index contributed by atoms with van der Waals surface area (Å²) in [5.74, 6) is 1.46. The Morgan fingerprint density at radius 3 is 2.53 bits per heavy atom. The van der Waals surface area contributed by atoms with Crippen LogP contribution in [0.3, 0.4) is 0 Å². The maximum absolute atomic E-state index is 9.88. The summed E-state index contributed by atoms with van der Waals surface area (Å²) in [6.07, 6.45) is 5.68. The number of aliphatic hydroxyl groups excluding tert-OH is 1. The Hall–Kier alpha value is -1.22. The van der Waals surface area contributed by atoms with Crippen molar-refractivity contribution in [3.05, 3.63) is 24.3 Å². The van der Waals surface area contributed by atoms with Crippen molar-refractivity contribution in [3.63, 3.8) is 0 Å². The molecule has 1 atom stereocenters. The third-order valence-electron chi connectivity index (χ3n) is 3.40. The normalized spacial score (nSPS) is 18.2. The maximum atomic E-state index is 9.88. The molecule has 1 aromatic rings. The first-order valence-corrected chi connectivity index (χ1v) is 6.40. The number of nitrogens with two attached hydrogens (primary N) is 1. The van der Waals surface area contributed by atoms with Crippen LogP contribution >= 0.6 is 0 Å². The zero-order chi connectivity index (χ0) is 12.1. The van der Waals surface area contributed by atoms with E-state index in [-0.39, 0.29) is 6.10 Å². The summed E-state index contributed by atoms with van der Waals surface area (Å²) in [7, 11) is 0. The molecule has 3 nitrogen and oxygen atoms in total. The lowest BCUT2D eigenvalue weighted by Crippen LogP contribution is -2.20. The first-order valence-electron chi connectivity index (χ1n) is 6.40. The number of anilines is 1. The van der Waals surface area contributed by atoms with Gasteiger partial charge in [-0.3, -0.25) is 0 Å². The number of hydrogen-bond donors (Lipinski definition) is 2. The van der Waals surface area contributed by atoms with E-state index in [4.69, 9.17) is 10.5 Å². The molecule has 0 bridgehead atoms. The predicted molar refractivity (Wildman–Crippen MR) is 68.9 cm³/mol. The van der Waals surface area contributed by atoms with Gasteiger partial charge in [-0.25, -0.2) is 0 Å². The van der Waals surface area contributed by atoms with Gasteiger partial charge in [-0.2, -0.15) is 0 Å². The van der Waals surface area contributed by atoms with E-state index >= 15 is 0 Å². The number of ether oxygens (including phenoxy) is 1. The monoisotopic (exact) mass is 235 g/mol. The van der Waals surface area contributed by atoms with Gasteiger partial charge in [-0.1, -0.05) is 25.7 Å². The highest BCUT2D eigenvalue weighted by Gasteiger charge is 2.19. The van der Waals surface area contributed by atoms with Crippen LogP contribution in [-0.4, -0.2) is 17.8 Å². The summed E-state index contributed by atoms with van der Waals surface area (Å²) < 4.78 is 5.53. The van der Waals surface area contributed by atoms with Gasteiger partial charge < -0.3 is 15.6 Å². The zero-order valence-corrected chi connectivity index (χ0v) is 10.1. The molecule has 0 aromatic heterocycles. The van der Waals surface area contributed by atoms with Crippen LogP contribution in [0.25, 0.3) is 0 Å². The van der Waals surface area contributed by atoms with Gasteiger partial charge in [0.05, 0.1) is 6.10 Å². The lowest BCUT2D eigenvalue weighted by atomic mass is 10.0. The summed E-state index contributed by atoms with van der Waals surface area (Å²) in [6, 6.07) is 7.27.